The van der Waals surface area contributed by atoms with Gasteiger partial charge >= 0.3 is 0 Å². The molecule has 1 aliphatic carbocycles. The van der Waals surface area contributed by atoms with Crippen molar-refractivity contribution < 1.29 is 9.47 Å². The Morgan fingerprint density at radius 1 is 1.14 bits per heavy atom. The Balaban J connectivity index is 2.01. The molecule has 0 radical (unpaired) electrons. The molecule has 3 heteroatoms. The SMILES string of the molecule is COCCOc1cc(C)ccc1NC1CCC(C)C(C)C1. The lowest BCUT2D eigenvalue weighted by molar-refractivity contribution is 0.146. The highest BCUT2D eigenvalue weighted by Gasteiger charge is 2.24. The number of anilines is 1. The lowest BCUT2D eigenvalue weighted by Gasteiger charge is -2.33. The number of aryl methyl sites for hydroxylation is 1. The van der Waals surface area contributed by atoms with E-state index in [0.717, 1.165) is 23.3 Å². The summed E-state index contributed by atoms with van der Waals surface area (Å²) in [5, 5.41) is 3.69. The summed E-state index contributed by atoms with van der Waals surface area (Å²) in [6, 6.07) is 6.94. The summed E-state index contributed by atoms with van der Waals surface area (Å²) in [5.41, 5.74) is 2.34. The van der Waals surface area contributed by atoms with E-state index in [1.807, 2.05) is 0 Å². The molecule has 0 spiro atoms. The summed E-state index contributed by atoms with van der Waals surface area (Å²) < 4.78 is 10.9. The van der Waals surface area contributed by atoms with Gasteiger partial charge in [-0.3, -0.25) is 0 Å². The monoisotopic (exact) mass is 291 g/mol. The molecule has 118 valence electrons. The molecule has 0 saturated heterocycles. The van der Waals surface area contributed by atoms with Gasteiger partial charge in [0, 0.05) is 13.2 Å². The molecule has 21 heavy (non-hydrogen) atoms. The minimum atomic E-state index is 0.559. The molecular weight excluding hydrogens is 262 g/mol. The van der Waals surface area contributed by atoms with Crippen LogP contribution >= 0.6 is 0 Å². The number of nitrogens with one attached hydrogen (secondary N) is 1. The van der Waals surface area contributed by atoms with Gasteiger partial charge in [0.25, 0.3) is 0 Å². The molecule has 1 saturated carbocycles. The summed E-state index contributed by atoms with van der Waals surface area (Å²) in [4.78, 5) is 0. The van der Waals surface area contributed by atoms with Crippen LogP contribution in [-0.2, 0) is 4.74 Å². The molecule has 2 rings (SSSR count). The van der Waals surface area contributed by atoms with Crippen LogP contribution in [-0.4, -0.2) is 26.4 Å². The molecular formula is C18H29NO2. The van der Waals surface area contributed by atoms with Crippen LogP contribution in [0.15, 0.2) is 18.2 Å². The van der Waals surface area contributed by atoms with E-state index in [1.54, 1.807) is 7.11 Å². The minimum Gasteiger partial charge on any atom is -0.489 e. The van der Waals surface area contributed by atoms with Gasteiger partial charge in [-0.05, 0) is 55.7 Å². The van der Waals surface area contributed by atoms with E-state index in [2.05, 4.69) is 44.3 Å². The lowest BCUT2D eigenvalue weighted by Crippen LogP contribution is -2.30. The highest BCUT2D eigenvalue weighted by Crippen LogP contribution is 2.33. The zero-order chi connectivity index (χ0) is 15.2. The van der Waals surface area contributed by atoms with E-state index in [-0.39, 0.29) is 0 Å². The van der Waals surface area contributed by atoms with Crippen molar-refractivity contribution in [2.45, 2.75) is 46.1 Å². The van der Waals surface area contributed by atoms with Crippen molar-refractivity contribution in [2.75, 3.05) is 25.6 Å². The number of rotatable bonds is 6. The predicted octanol–water partition coefficient (Wildman–Crippen LogP) is 4.26. The van der Waals surface area contributed by atoms with Gasteiger partial charge in [-0.15, -0.1) is 0 Å². The Kier molecular flexibility index (Phi) is 5.92. The first-order valence-corrected chi connectivity index (χ1v) is 8.09. The molecule has 0 amide bonds. The maximum Gasteiger partial charge on any atom is 0.142 e. The van der Waals surface area contributed by atoms with Gasteiger partial charge in [-0.25, -0.2) is 0 Å². The summed E-state index contributed by atoms with van der Waals surface area (Å²) in [7, 11) is 1.70. The Morgan fingerprint density at radius 2 is 1.95 bits per heavy atom. The Labute approximate surface area is 129 Å². The summed E-state index contributed by atoms with van der Waals surface area (Å²) >= 11 is 0. The highest BCUT2D eigenvalue weighted by atomic mass is 16.5. The third kappa shape index (κ3) is 4.63. The van der Waals surface area contributed by atoms with Gasteiger partial charge in [0.2, 0.25) is 0 Å². The molecule has 1 N–H and O–H groups in total. The average molecular weight is 291 g/mol. The fourth-order valence-electron chi connectivity index (χ4n) is 3.00. The smallest absolute Gasteiger partial charge is 0.142 e. The number of benzene rings is 1. The normalized spacial score (nSPS) is 25.6. The average Bonchev–Trinajstić information content (AvgIpc) is 2.46. The summed E-state index contributed by atoms with van der Waals surface area (Å²) in [5.74, 6) is 2.58. The molecule has 0 heterocycles. The van der Waals surface area contributed by atoms with E-state index < -0.39 is 0 Å². The topological polar surface area (TPSA) is 30.5 Å². The quantitative estimate of drug-likeness (QED) is 0.795. The van der Waals surface area contributed by atoms with Crippen molar-refractivity contribution in [1.82, 2.24) is 0 Å². The maximum atomic E-state index is 5.86. The molecule has 0 bridgehead atoms. The Morgan fingerprint density at radius 3 is 2.67 bits per heavy atom. The van der Waals surface area contributed by atoms with Crippen LogP contribution in [0.4, 0.5) is 5.69 Å². The van der Waals surface area contributed by atoms with Crippen molar-refractivity contribution in [3.05, 3.63) is 23.8 Å². The van der Waals surface area contributed by atoms with Gasteiger partial charge < -0.3 is 14.8 Å². The first-order valence-electron chi connectivity index (χ1n) is 8.09. The first kappa shape index (κ1) is 16.2. The number of ether oxygens (including phenoxy) is 2. The van der Waals surface area contributed by atoms with Crippen LogP contribution in [0.25, 0.3) is 0 Å². The maximum absolute atomic E-state index is 5.86. The van der Waals surface area contributed by atoms with Crippen molar-refractivity contribution in [3.8, 4) is 5.75 Å². The minimum absolute atomic E-state index is 0.559. The second-order valence-electron chi connectivity index (χ2n) is 6.45. The standard InChI is InChI=1S/C18H29NO2/c1-13-5-8-17(18(11-13)21-10-9-20-4)19-16-7-6-14(2)15(3)12-16/h5,8,11,14-16,19H,6-7,9-10,12H2,1-4H3. The van der Waals surface area contributed by atoms with Crippen LogP contribution in [0.1, 0.15) is 38.7 Å². The Bertz CT molecular complexity index is 447. The van der Waals surface area contributed by atoms with E-state index >= 15 is 0 Å². The van der Waals surface area contributed by atoms with Crippen LogP contribution in [0.5, 0.6) is 5.75 Å². The molecule has 1 aliphatic rings. The molecule has 0 aliphatic heterocycles. The summed E-state index contributed by atoms with van der Waals surface area (Å²) in [6.07, 6.45) is 3.80. The van der Waals surface area contributed by atoms with Crippen molar-refractivity contribution >= 4 is 5.69 Å². The van der Waals surface area contributed by atoms with Crippen LogP contribution in [0.3, 0.4) is 0 Å². The third-order valence-corrected chi connectivity index (χ3v) is 4.64. The second kappa shape index (κ2) is 7.69. The van der Waals surface area contributed by atoms with Crippen LogP contribution in [0.2, 0.25) is 0 Å². The van der Waals surface area contributed by atoms with E-state index in [9.17, 15) is 0 Å². The molecule has 3 unspecified atom stereocenters. The predicted molar refractivity (Wildman–Crippen MR) is 88.1 cm³/mol. The second-order valence-corrected chi connectivity index (χ2v) is 6.45. The molecule has 1 fully saturated rings. The summed E-state index contributed by atoms with van der Waals surface area (Å²) in [6.45, 7) is 8.03. The van der Waals surface area contributed by atoms with Crippen LogP contribution in [0, 0.1) is 18.8 Å². The molecule has 1 aromatic rings. The third-order valence-electron chi connectivity index (χ3n) is 4.64. The highest BCUT2D eigenvalue weighted by molar-refractivity contribution is 5.58. The molecule has 0 aromatic heterocycles. The van der Waals surface area contributed by atoms with E-state index in [1.165, 1.54) is 24.8 Å². The van der Waals surface area contributed by atoms with Crippen molar-refractivity contribution in [3.63, 3.8) is 0 Å². The fourth-order valence-corrected chi connectivity index (χ4v) is 3.00. The fraction of sp³-hybridized carbons (Fsp3) is 0.667. The Hall–Kier alpha value is -1.22. The van der Waals surface area contributed by atoms with Gasteiger partial charge in [-0.1, -0.05) is 19.9 Å². The van der Waals surface area contributed by atoms with E-state index in [0.29, 0.717) is 19.3 Å². The van der Waals surface area contributed by atoms with Gasteiger partial charge in [-0.2, -0.15) is 0 Å². The van der Waals surface area contributed by atoms with Gasteiger partial charge in [0.05, 0.1) is 12.3 Å². The first-order chi connectivity index (χ1) is 10.1. The van der Waals surface area contributed by atoms with E-state index in [4.69, 9.17) is 9.47 Å². The molecule has 3 nitrogen and oxygen atoms in total. The van der Waals surface area contributed by atoms with Gasteiger partial charge in [0.15, 0.2) is 0 Å². The van der Waals surface area contributed by atoms with Gasteiger partial charge in [0.1, 0.15) is 12.4 Å². The zero-order valence-electron chi connectivity index (χ0n) is 13.8. The molecule has 1 aromatic carbocycles. The number of hydrogen-bond donors (Lipinski definition) is 1. The zero-order valence-corrected chi connectivity index (χ0v) is 13.8. The molecule has 3 atom stereocenters. The van der Waals surface area contributed by atoms with Crippen molar-refractivity contribution in [1.29, 1.82) is 0 Å². The largest absolute Gasteiger partial charge is 0.489 e. The number of methoxy groups -OCH3 is 1. The number of hydrogen-bond acceptors (Lipinski definition) is 3. The van der Waals surface area contributed by atoms with Crippen molar-refractivity contribution in [2.24, 2.45) is 11.8 Å². The van der Waals surface area contributed by atoms with Crippen LogP contribution < -0.4 is 10.1 Å². The lowest BCUT2D eigenvalue weighted by atomic mass is 9.79.